The third kappa shape index (κ3) is 14.1. The molecule has 0 bridgehead atoms. The lowest BCUT2D eigenvalue weighted by atomic mass is 10.0. The number of carbonyl (C=O) groups excluding carboxylic acids is 6. The molecule has 0 aliphatic carbocycles. The minimum absolute atomic E-state index is 0. The highest BCUT2D eigenvalue weighted by atomic mass is 79.9. The SMILES string of the molecule is C.CC(=O)c1nn(CC(=O)N2C[C@H](F)C[C@H]2C(=O)Nc2cccc(Br)n2)c2ccc(-c3cnc(S(C)=O)nc3)cc12.CSc1ncc(-c2ccc3c(c2)c(C(C)=O)nn3CC(=O)N2C[C@H](F)C[C@H]2C(=O)Nc2cccc(Br)n2)cn1.S. The molecule has 0 saturated carbocycles. The van der Waals surface area contributed by atoms with Gasteiger partial charge >= 0.3 is 0 Å². The maximum absolute atomic E-state index is 14.4. The molecule has 2 saturated heterocycles. The van der Waals surface area contributed by atoms with Gasteiger partial charge in [0.15, 0.2) is 16.7 Å². The van der Waals surface area contributed by atoms with E-state index in [1.807, 2.05) is 18.4 Å². The molecule has 81 heavy (non-hydrogen) atoms. The van der Waals surface area contributed by atoms with Crippen LogP contribution in [0.3, 0.4) is 0 Å². The van der Waals surface area contributed by atoms with Gasteiger partial charge in [0.25, 0.3) is 0 Å². The van der Waals surface area contributed by atoms with Gasteiger partial charge in [0.05, 0.1) is 34.9 Å². The van der Waals surface area contributed by atoms with E-state index in [0.717, 1.165) is 11.1 Å². The topological polar surface area (TPSA) is 263 Å². The number of nitrogens with zero attached hydrogens (tertiary/aromatic N) is 12. The largest absolute Gasteiger partial charge is 0.326 e. The first kappa shape index (κ1) is 61.4. The standard InChI is InChI=1S/C26H23BrFN7O4S.C26H23BrFN7O3S.CH4.H2S/c1-14(36)24-18-8-15(16-10-29-26(30-11-16)40(2)39)6-7-19(18)35(33-24)13-23(37)34-12-17(28)9-20(34)25(38)32-22-5-3-4-21(27)31-22;1-14(36)24-18-8-15(16-10-29-26(39-2)30-11-16)6-7-19(18)35(33-24)13-23(37)34-12-17(28)9-20(34)25(38)32-22-5-3-4-21(27)31-22;;/h3-8,10-11,17,20H,9,12-13H2,1-2H3,(H,31,32,38);3-8,10-11,17,20H,9,12-13H2,1-2H3,(H,31,32,38);1H4;1H2/t17-,20+,40?;17-,20+;;/m11../s1. The van der Waals surface area contributed by atoms with Crippen LogP contribution in [0, 0.1) is 0 Å². The number of likely N-dealkylation sites (tertiary alicyclic amines) is 2. The molecule has 2 aliphatic rings. The maximum Gasteiger partial charge on any atom is 0.248 e. The molecule has 2 aliphatic heterocycles. The summed E-state index contributed by atoms with van der Waals surface area (Å²) in [6.07, 6.45) is 6.91. The van der Waals surface area contributed by atoms with Crippen LogP contribution >= 0.6 is 57.1 Å². The monoisotopic (exact) mass is 1290 g/mol. The van der Waals surface area contributed by atoms with Crippen LogP contribution in [0.2, 0.25) is 0 Å². The first-order valence-corrected chi connectivity index (χ1v) is 28.5. The zero-order valence-corrected chi connectivity index (χ0v) is 48.6. The minimum atomic E-state index is -1.36. The number of pyridine rings is 2. The van der Waals surface area contributed by atoms with Gasteiger partial charge in [-0.05, 0) is 97.8 Å². The molecule has 1 unspecified atom stereocenters. The smallest absolute Gasteiger partial charge is 0.248 e. The van der Waals surface area contributed by atoms with Gasteiger partial charge in [-0.2, -0.15) is 23.7 Å². The highest BCUT2D eigenvalue weighted by molar-refractivity contribution is 9.10. The molecule has 0 radical (unpaired) electrons. The van der Waals surface area contributed by atoms with Crippen LogP contribution in [-0.2, 0) is 43.1 Å². The van der Waals surface area contributed by atoms with Crippen LogP contribution in [0.1, 0.15) is 55.1 Å². The van der Waals surface area contributed by atoms with Crippen LogP contribution < -0.4 is 10.6 Å². The zero-order chi connectivity index (χ0) is 56.2. The van der Waals surface area contributed by atoms with Crippen LogP contribution in [0.4, 0.5) is 20.4 Å². The van der Waals surface area contributed by atoms with E-state index in [1.165, 1.54) is 51.0 Å². The third-order valence-corrected chi connectivity index (χ3v) is 15.0. The predicted molar refractivity (Wildman–Crippen MR) is 314 cm³/mol. The third-order valence-electron chi connectivity index (χ3n) is 12.8. The van der Waals surface area contributed by atoms with Crippen LogP contribution in [-0.4, -0.2) is 149 Å². The van der Waals surface area contributed by atoms with Gasteiger partial charge < -0.3 is 20.4 Å². The number of halogens is 4. The highest BCUT2D eigenvalue weighted by Gasteiger charge is 2.41. The Morgan fingerprint density at radius 2 is 1.05 bits per heavy atom. The van der Waals surface area contributed by atoms with Crippen molar-refractivity contribution in [1.82, 2.24) is 59.3 Å². The first-order chi connectivity index (χ1) is 37.8. The molecule has 0 spiro atoms. The van der Waals surface area contributed by atoms with Gasteiger partial charge in [-0.25, -0.2) is 38.7 Å². The van der Waals surface area contributed by atoms with Crippen molar-refractivity contribution in [3.8, 4) is 22.3 Å². The summed E-state index contributed by atoms with van der Waals surface area (Å²) in [4.78, 5) is 105. The van der Waals surface area contributed by atoms with Crippen molar-refractivity contribution in [3.05, 3.63) is 118 Å². The summed E-state index contributed by atoms with van der Waals surface area (Å²) in [6.45, 7) is 1.78. The molecule has 21 nitrogen and oxygen atoms in total. The number of amides is 4. The molecule has 422 valence electrons. The number of rotatable bonds is 14. The van der Waals surface area contributed by atoms with Crippen molar-refractivity contribution < 1.29 is 41.8 Å². The lowest BCUT2D eigenvalue weighted by Crippen LogP contribution is -2.44. The normalized spacial score (nSPS) is 16.9. The number of anilines is 2. The Labute approximate surface area is 493 Å². The molecule has 6 aromatic heterocycles. The van der Waals surface area contributed by atoms with Gasteiger partial charge in [-0.3, -0.25) is 42.3 Å². The highest BCUT2D eigenvalue weighted by Crippen LogP contribution is 2.31. The van der Waals surface area contributed by atoms with Gasteiger partial charge in [0, 0.05) is 79.6 Å². The average Bonchev–Trinajstić information content (AvgIpc) is 4.23. The molecule has 8 heterocycles. The Hall–Kier alpha value is -7.27. The Balaban J connectivity index is 0.000000228. The summed E-state index contributed by atoms with van der Waals surface area (Å²) in [7, 11) is -1.32. The van der Waals surface area contributed by atoms with Gasteiger partial charge in [0.2, 0.25) is 28.8 Å². The molecular weight excluding hydrogens is 1240 g/mol. The fraction of sp³-hybridized carbons (Fsp3) is 0.283. The van der Waals surface area contributed by atoms with Crippen molar-refractivity contribution >= 4 is 137 Å². The lowest BCUT2D eigenvalue weighted by Gasteiger charge is -2.23. The van der Waals surface area contributed by atoms with Crippen molar-refractivity contribution in [3.63, 3.8) is 0 Å². The molecule has 2 fully saturated rings. The van der Waals surface area contributed by atoms with Crippen molar-refractivity contribution in [1.29, 1.82) is 0 Å². The number of carbonyl (C=O) groups is 6. The van der Waals surface area contributed by atoms with Crippen LogP contribution in [0.5, 0.6) is 0 Å². The molecular formula is C53H52Br2F2N14O7S3. The number of fused-ring (bicyclic) bond motifs is 2. The van der Waals surface area contributed by atoms with E-state index < -0.39 is 58.9 Å². The van der Waals surface area contributed by atoms with E-state index in [2.05, 4.69) is 82.6 Å². The Morgan fingerprint density at radius 3 is 1.42 bits per heavy atom. The number of thioether (sulfide) groups is 1. The summed E-state index contributed by atoms with van der Waals surface area (Å²) in [5, 5.41) is 16.0. The number of alkyl halides is 2. The Bertz CT molecular complexity index is 3730. The molecule has 4 amide bonds. The van der Waals surface area contributed by atoms with E-state index in [4.69, 9.17) is 0 Å². The Morgan fingerprint density at radius 1 is 0.642 bits per heavy atom. The number of aromatic nitrogens is 10. The average molecular weight is 1290 g/mol. The van der Waals surface area contributed by atoms with E-state index >= 15 is 0 Å². The van der Waals surface area contributed by atoms with E-state index in [0.29, 0.717) is 47.3 Å². The number of hydrogen-bond donors (Lipinski definition) is 2. The first-order valence-electron chi connectivity index (χ1n) is 24.1. The van der Waals surface area contributed by atoms with Crippen molar-refractivity contribution in [2.75, 3.05) is 36.2 Å². The molecule has 5 atom stereocenters. The van der Waals surface area contributed by atoms with E-state index in [9.17, 15) is 41.8 Å². The lowest BCUT2D eigenvalue weighted by molar-refractivity contribution is -0.137. The van der Waals surface area contributed by atoms with Gasteiger partial charge in [-0.1, -0.05) is 43.5 Å². The zero-order valence-electron chi connectivity index (χ0n) is 42.8. The fourth-order valence-corrected chi connectivity index (χ4v) is 10.5. The second-order valence-corrected chi connectivity index (χ2v) is 21.9. The van der Waals surface area contributed by atoms with Gasteiger partial charge in [-0.15, -0.1) is 0 Å². The predicted octanol–water partition coefficient (Wildman–Crippen LogP) is 8.07. The molecule has 10 rings (SSSR count). The number of ketones is 2. The maximum atomic E-state index is 14.4. The summed E-state index contributed by atoms with van der Waals surface area (Å²) < 4.78 is 44.3. The van der Waals surface area contributed by atoms with Crippen LogP contribution in [0.25, 0.3) is 44.1 Å². The van der Waals surface area contributed by atoms with Crippen molar-refractivity contribution in [2.24, 2.45) is 0 Å². The summed E-state index contributed by atoms with van der Waals surface area (Å²) in [6, 6.07) is 18.6. The number of Topliss-reactive ketones (excluding diaryl/α,β-unsaturated/α-hetero) is 2. The minimum Gasteiger partial charge on any atom is -0.326 e. The number of hydrogen-bond acceptors (Lipinski definition) is 16. The molecule has 2 N–H and O–H groups in total. The summed E-state index contributed by atoms with van der Waals surface area (Å²) >= 11 is 7.92. The fourth-order valence-electron chi connectivity index (χ4n) is 9.09. The van der Waals surface area contributed by atoms with E-state index in [1.54, 1.807) is 85.5 Å². The second-order valence-electron chi connectivity index (χ2n) is 18.2. The number of nitrogens with one attached hydrogen (secondary N) is 2. The summed E-state index contributed by atoms with van der Waals surface area (Å²) in [5.41, 5.74) is 4.37. The molecule has 2 aromatic carbocycles. The van der Waals surface area contributed by atoms with Crippen molar-refractivity contribution in [2.45, 2.75) is 81.9 Å². The molecule has 8 aromatic rings. The number of benzene rings is 2. The van der Waals surface area contributed by atoms with Gasteiger partial charge in [0.1, 0.15) is 69.7 Å². The van der Waals surface area contributed by atoms with Crippen LogP contribution in [0.15, 0.2) is 117 Å². The Kier molecular flexibility index (Phi) is 20.1. The second kappa shape index (κ2) is 26.5. The van der Waals surface area contributed by atoms with E-state index in [-0.39, 0.29) is 99.7 Å². The quantitative estimate of drug-likeness (QED) is 0.0451. The molecule has 28 heteroatoms. The summed E-state index contributed by atoms with van der Waals surface area (Å²) in [5.74, 6) is -2.06.